The summed E-state index contributed by atoms with van der Waals surface area (Å²) < 4.78 is 0. The van der Waals surface area contributed by atoms with Gasteiger partial charge in [-0.2, -0.15) is 0 Å². The predicted octanol–water partition coefficient (Wildman–Crippen LogP) is 0.798. The van der Waals surface area contributed by atoms with Gasteiger partial charge in [-0.1, -0.05) is 11.8 Å². The Labute approximate surface area is 106 Å². The van der Waals surface area contributed by atoms with Gasteiger partial charge in [-0.3, -0.25) is 4.79 Å². The van der Waals surface area contributed by atoms with E-state index in [9.17, 15) is 4.79 Å². The molecule has 1 rings (SSSR count). The third-order valence-corrected chi connectivity index (χ3v) is 2.64. The molecule has 0 saturated heterocycles. The zero-order valence-corrected chi connectivity index (χ0v) is 11.5. The molecule has 0 aromatic carbocycles. The Balaban J connectivity index is 2.65. The standard InChI is InChI=1S/C11H18N4OS/c1-8-7-9(14-11(13-8)17-4)10(16)12-5-6-15(2)3/h7H,5-6H2,1-4H3,(H,12,16). The van der Waals surface area contributed by atoms with Crippen molar-refractivity contribution < 1.29 is 4.79 Å². The number of nitrogens with zero attached hydrogens (tertiary/aromatic N) is 3. The molecular formula is C11H18N4OS. The van der Waals surface area contributed by atoms with E-state index in [0.717, 1.165) is 12.2 Å². The molecule has 1 aromatic heterocycles. The van der Waals surface area contributed by atoms with E-state index in [1.807, 2.05) is 32.2 Å². The summed E-state index contributed by atoms with van der Waals surface area (Å²) in [6.07, 6.45) is 1.89. The maximum Gasteiger partial charge on any atom is 0.270 e. The van der Waals surface area contributed by atoms with Crippen LogP contribution < -0.4 is 5.32 Å². The van der Waals surface area contributed by atoms with E-state index >= 15 is 0 Å². The molecule has 1 aromatic rings. The second kappa shape index (κ2) is 6.56. The van der Waals surface area contributed by atoms with Gasteiger partial charge in [-0.05, 0) is 33.3 Å². The molecule has 17 heavy (non-hydrogen) atoms. The Bertz CT molecular complexity index is 395. The number of aryl methyl sites for hydroxylation is 1. The van der Waals surface area contributed by atoms with Crippen LogP contribution in [0.2, 0.25) is 0 Å². The lowest BCUT2D eigenvalue weighted by atomic mass is 10.3. The van der Waals surface area contributed by atoms with Gasteiger partial charge >= 0.3 is 0 Å². The molecule has 5 nitrogen and oxygen atoms in total. The Morgan fingerprint density at radius 2 is 2.18 bits per heavy atom. The first-order valence-corrected chi connectivity index (χ1v) is 6.58. The third-order valence-electron chi connectivity index (χ3n) is 2.09. The van der Waals surface area contributed by atoms with Crippen LogP contribution in [0.15, 0.2) is 11.2 Å². The molecule has 0 aliphatic heterocycles. The summed E-state index contributed by atoms with van der Waals surface area (Å²) in [6.45, 7) is 3.28. The van der Waals surface area contributed by atoms with Gasteiger partial charge in [0.2, 0.25) is 0 Å². The highest BCUT2D eigenvalue weighted by molar-refractivity contribution is 7.98. The van der Waals surface area contributed by atoms with Crippen LogP contribution in [0.4, 0.5) is 0 Å². The van der Waals surface area contributed by atoms with Crippen molar-refractivity contribution in [3.05, 3.63) is 17.5 Å². The highest BCUT2D eigenvalue weighted by atomic mass is 32.2. The van der Waals surface area contributed by atoms with Crippen LogP contribution in [-0.2, 0) is 0 Å². The van der Waals surface area contributed by atoms with E-state index in [-0.39, 0.29) is 5.91 Å². The van der Waals surface area contributed by atoms with Crippen molar-refractivity contribution in [3.63, 3.8) is 0 Å². The van der Waals surface area contributed by atoms with Gasteiger partial charge in [0.25, 0.3) is 5.91 Å². The number of likely N-dealkylation sites (N-methyl/N-ethyl adjacent to an activating group) is 1. The van der Waals surface area contributed by atoms with Crippen LogP contribution in [0, 0.1) is 6.92 Å². The molecule has 0 fully saturated rings. The van der Waals surface area contributed by atoms with Crippen LogP contribution in [0.25, 0.3) is 0 Å². The van der Waals surface area contributed by atoms with Gasteiger partial charge in [0.05, 0.1) is 0 Å². The molecule has 0 radical (unpaired) electrons. The zero-order chi connectivity index (χ0) is 12.8. The molecular weight excluding hydrogens is 236 g/mol. The Morgan fingerprint density at radius 1 is 1.47 bits per heavy atom. The van der Waals surface area contributed by atoms with Crippen molar-refractivity contribution in [2.75, 3.05) is 33.4 Å². The maximum absolute atomic E-state index is 11.8. The van der Waals surface area contributed by atoms with E-state index in [1.54, 1.807) is 6.07 Å². The molecule has 0 aliphatic rings. The monoisotopic (exact) mass is 254 g/mol. The highest BCUT2D eigenvalue weighted by Crippen LogP contribution is 2.10. The van der Waals surface area contributed by atoms with Gasteiger partial charge in [0.1, 0.15) is 5.69 Å². The number of amides is 1. The molecule has 0 aliphatic carbocycles. The molecule has 1 amide bonds. The quantitative estimate of drug-likeness (QED) is 0.622. The van der Waals surface area contributed by atoms with Gasteiger partial charge < -0.3 is 10.2 Å². The van der Waals surface area contributed by atoms with Crippen LogP contribution in [-0.4, -0.2) is 54.2 Å². The number of carbonyl (C=O) groups excluding carboxylic acids is 1. The average Bonchev–Trinajstić information content (AvgIpc) is 2.27. The van der Waals surface area contributed by atoms with Crippen LogP contribution in [0.1, 0.15) is 16.2 Å². The van der Waals surface area contributed by atoms with Crippen molar-refractivity contribution >= 4 is 17.7 Å². The van der Waals surface area contributed by atoms with E-state index in [1.165, 1.54) is 11.8 Å². The molecule has 0 saturated carbocycles. The van der Waals surface area contributed by atoms with Gasteiger partial charge in [-0.25, -0.2) is 9.97 Å². The van der Waals surface area contributed by atoms with E-state index in [0.29, 0.717) is 17.4 Å². The minimum atomic E-state index is -0.146. The second-order valence-corrected chi connectivity index (χ2v) is 4.71. The predicted molar refractivity (Wildman–Crippen MR) is 69.4 cm³/mol. The fourth-order valence-electron chi connectivity index (χ4n) is 1.23. The maximum atomic E-state index is 11.8. The zero-order valence-electron chi connectivity index (χ0n) is 10.6. The number of thioether (sulfide) groups is 1. The number of hydrogen-bond donors (Lipinski definition) is 1. The van der Waals surface area contributed by atoms with Crippen molar-refractivity contribution in [1.82, 2.24) is 20.2 Å². The molecule has 0 spiro atoms. The normalized spacial score (nSPS) is 10.6. The van der Waals surface area contributed by atoms with Crippen LogP contribution in [0.3, 0.4) is 0 Å². The molecule has 94 valence electrons. The SMILES string of the molecule is CSc1nc(C)cc(C(=O)NCCN(C)C)n1. The number of carbonyl (C=O) groups is 1. The van der Waals surface area contributed by atoms with Gasteiger partial charge in [0.15, 0.2) is 5.16 Å². The van der Waals surface area contributed by atoms with Gasteiger partial charge in [0, 0.05) is 18.8 Å². The first kappa shape index (κ1) is 13.9. The van der Waals surface area contributed by atoms with Crippen molar-refractivity contribution in [2.24, 2.45) is 0 Å². The minimum absolute atomic E-state index is 0.146. The lowest BCUT2D eigenvalue weighted by Gasteiger charge is -2.10. The Morgan fingerprint density at radius 3 is 2.76 bits per heavy atom. The highest BCUT2D eigenvalue weighted by Gasteiger charge is 2.09. The fourth-order valence-corrected chi connectivity index (χ4v) is 1.66. The van der Waals surface area contributed by atoms with Gasteiger partial charge in [-0.15, -0.1) is 0 Å². The molecule has 0 unspecified atom stereocenters. The first-order chi connectivity index (χ1) is 8.02. The number of hydrogen-bond acceptors (Lipinski definition) is 5. The number of aromatic nitrogens is 2. The summed E-state index contributed by atoms with van der Waals surface area (Å²) in [5.41, 5.74) is 1.24. The molecule has 6 heteroatoms. The molecule has 1 N–H and O–H groups in total. The van der Waals surface area contributed by atoms with Crippen molar-refractivity contribution in [3.8, 4) is 0 Å². The molecule has 1 heterocycles. The average molecular weight is 254 g/mol. The summed E-state index contributed by atoms with van der Waals surface area (Å²) in [5, 5.41) is 3.46. The van der Waals surface area contributed by atoms with E-state index in [2.05, 4.69) is 15.3 Å². The van der Waals surface area contributed by atoms with Crippen molar-refractivity contribution in [1.29, 1.82) is 0 Å². The smallest absolute Gasteiger partial charge is 0.270 e. The lowest BCUT2D eigenvalue weighted by molar-refractivity contribution is 0.0945. The summed E-state index contributed by atoms with van der Waals surface area (Å²) in [4.78, 5) is 22.2. The van der Waals surface area contributed by atoms with E-state index in [4.69, 9.17) is 0 Å². The van der Waals surface area contributed by atoms with Crippen molar-refractivity contribution in [2.45, 2.75) is 12.1 Å². The number of nitrogens with one attached hydrogen (secondary N) is 1. The summed E-state index contributed by atoms with van der Waals surface area (Å²) in [7, 11) is 3.93. The fraction of sp³-hybridized carbons (Fsp3) is 0.545. The summed E-state index contributed by atoms with van der Waals surface area (Å²) in [6, 6.07) is 1.70. The van der Waals surface area contributed by atoms with Crippen LogP contribution >= 0.6 is 11.8 Å². The number of rotatable bonds is 5. The summed E-state index contributed by atoms with van der Waals surface area (Å²) >= 11 is 1.43. The lowest BCUT2D eigenvalue weighted by Crippen LogP contribution is -2.32. The minimum Gasteiger partial charge on any atom is -0.349 e. The Hall–Kier alpha value is -1.14. The molecule has 0 atom stereocenters. The Kier molecular flexibility index (Phi) is 5.37. The largest absolute Gasteiger partial charge is 0.349 e. The summed E-state index contributed by atoms with van der Waals surface area (Å²) in [5.74, 6) is -0.146. The van der Waals surface area contributed by atoms with Crippen LogP contribution in [0.5, 0.6) is 0 Å². The first-order valence-electron chi connectivity index (χ1n) is 5.35. The van der Waals surface area contributed by atoms with E-state index < -0.39 is 0 Å². The third kappa shape index (κ3) is 4.70. The topological polar surface area (TPSA) is 58.1 Å². The molecule has 0 bridgehead atoms. The second-order valence-electron chi connectivity index (χ2n) is 3.94.